The number of carbonyl (C=O) groups is 2. The Hall–Kier alpha value is -1.58. The molecule has 0 radical (unpaired) electrons. The number of benzene rings is 4. The first kappa shape index (κ1) is 23.7. The molecule has 0 saturated heterocycles. The van der Waals surface area contributed by atoms with Gasteiger partial charge < -0.3 is 19.8 Å². The van der Waals surface area contributed by atoms with Crippen molar-refractivity contribution in [3.63, 3.8) is 0 Å². The van der Waals surface area contributed by atoms with Crippen LogP contribution in [0.3, 0.4) is 0 Å². The van der Waals surface area contributed by atoms with Crippen molar-refractivity contribution in [3.8, 4) is 0 Å². The molecule has 140 valence electrons. The van der Waals surface area contributed by atoms with Crippen molar-refractivity contribution >= 4 is 78.7 Å². The number of carboxylic acid groups (broad SMARTS) is 2. The van der Waals surface area contributed by atoms with Crippen LogP contribution in [0.1, 0.15) is 20.7 Å². The standard InChI is InChI=1S/2C11H7IO2.Zn/c2*12-10-6-8-4-2-1-3-7(8)5-9(10)11(13)14;/h2*1-6H,(H,13,14);/q;;+2/p-2. The van der Waals surface area contributed by atoms with E-state index in [1.165, 1.54) is 0 Å². The van der Waals surface area contributed by atoms with Crippen LogP contribution < -0.4 is 10.2 Å². The summed E-state index contributed by atoms with van der Waals surface area (Å²) in [5, 5.41) is 25.4. The minimum absolute atomic E-state index is 0. The summed E-state index contributed by atoms with van der Waals surface area (Å²) in [6.45, 7) is 0. The van der Waals surface area contributed by atoms with E-state index in [2.05, 4.69) is 0 Å². The van der Waals surface area contributed by atoms with Crippen LogP contribution in [0, 0.1) is 7.14 Å². The molecule has 29 heavy (non-hydrogen) atoms. The predicted octanol–water partition coefficient (Wildman–Crippen LogP) is 3.61. The Kier molecular flexibility index (Phi) is 8.54. The third kappa shape index (κ3) is 5.74. The fraction of sp³-hybridized carbons (Fsp3) is 0. The van der Waals surface area contributed by atoms with Crippen LogP contribution in [0.2, 0.25) is 0 Å². The zero-order valence-corrected chi connectivity index (χ0v) is 22.3. The minimum Gasteiger partial charge on any atom is -0.545 e. The van der Waals surface area contributed by atoms with E-state index >= 15 is 0 Å². The van der Waals surface area contributed by atoms with Crippen LogP contribution in [0.5, 0.6) is 0 Å². The predicted molar refractivity (Wildman–Crippen MR) is 122 cm³/mol. The van der Waals surface area contributed by atoms with Crippen LogP contribution in [-0.4, -0.2) is 11.9 Å². The molecule has 0 saturated carbocycles. The van der Waals surface area contributed by atoms with E-state index in [4.69, 9.17) is 0 Å². The molecule has 4 nitrogen and oxygen atoms in total. The van der Waals surface area contributed by atoms with E-state index < -0.39 is 11.9 Å². The molecule has 0 aliphatic rings. The number of fused-ring (bicyclic) bond motifs is 2. The maximum absolute atomic E-state index is 10.7. The smallest absolute Gasteiger partial charge is 0.545 e. The molecule has 0 fully saturated rings. The molecule has 0 amide bonds. The number of halogens is 2. The molecule has 0 bridgehead atoms. The van der Waals surface area contributed by atoms with Gasteiger partial charge in [0.2, 0.25) is 0 Å². The van der Waals surface area contributed by atoms with Crippen LogP contribution >= 0.6 is 45.2 Å². The normalized spacial score (nSPS) is 10.0. The number of hydrogen-bond acceptors (Lipinski definition) is 4. The molecule has 0 atom stereocenters. The van der Waals surface area contributed by atoms with Crippen molar-refractivity contribution in [3.05, 3.63) is 91.1 Å². The molecule has 0 heterocycles. The van der Waals surface area contributed by atoms with Gasteiger partial charge in [-0.15, -0.1) is 0 Å². The first-order chi connectivity index (χ1) is 13.4. The van der Waals surface area contributed by atoms with Gasteiger partial charge in [0, 0.05) is 18.3 Å². The van der Waals surface area contributed by atoms with Crippen molar-refractivity contribution in [1.82, 2.24) is 0 Å². The fourth-order valence-electron chi connectivity index (χ4n) is 2.74. The Balaban J connectivity index is 0.000000200. The van der Waals surface area contributed by atoms with Gasteiger partial charge in [-0.1, -0.05) is 48.5 Å². The molecule has 4 aromatic rings. The largest absolute Gasteiger partial charge is 2.00 e. The molecule has 0 spiro atoms. The number of carbonyl (C=O) groups excluding carboxylic acids is 2. The van der Waals surface area contributed by atoms with Crippen molar-refractivity contribution in [2.75, 3.05) is 0 Å². The van der Waals surface area contributed by atoms with Crippen LogP contribution in [0.4, 0.5) is 0 Å². The summed E-state index contributed by atoms with van der Waals surface area (Å²) in [6, 6.07) is 22.3. The number of hydrogen-bond donors (Lipinski definition) is 0. The van der Waals surface area contributed by atoms with Crippen LogP contribution in [0.25, 0.3) is 21.5 Å². The topological polar surface area (TPSA) is 80.3 Å². The fourth-order valence-corrected chi connectivity index (χ4v) is 4.16. The molecule has 0 unspecified atom stereocenters. The molecule has 7 heteroatoms. The Bertz CT molecular complexity index is 1110. The molecule has 0 aromatic heterocycles. The SMILES string of the molecule is O=C([O-])c1cc2ccccc2cc1I.O=C([O-])c1cc2ccccc2cc1I.[Zn+2]. The average Bonchev–Trinajstić information content (AvgIpc) is 2.67. The molecular weight excluding hydrogens is 647 g/mol. The Morgan fingerprint density at radius 2 is 0.862 bits per heavy atom. The third-order valence-corrected chi connectivity index (χ3v) is 5.90. The van der Waals surface area contributed by atoms with E-state index in [0.717, 1.165) is 21.5 Å². The molecule has 4 rings (SSSR count). The quantitative estimate of drug-likeness (QED) is 0.244. The van der Waals surface area contributed by atoms with Crippen molar-refractivity contribution < 1.29 is 39.3 Å². The summed E-state index contributed by atoms with van der Waals surface area (Å²) < 4.78 is 1.42. The van der Waals surface area contributed by atoms with Gasteiger partial charge in [0.15, 0.2) is 0 Å². The van der Waals surface area contributed by atoms with E-state index in [1.807, 2.05) is 106 Å². The second-order valence-electron chi connectivity index (χ2n) is 5.93. The summed E-state index contributed by atoms with van der Waals surface area (Å²) in [5.74, 6) is -2.25. The van der Waals surface area contributed by atoms with Crippen LogP contribution in [0.15, 0.2) is 72.8 Å². The number of carboxylic acids is 2. The van der Waals surface area contributed by atoms with Gasteiger partial charge in [-0.2, -0.15) is 0 Å². The molecule has 4 aromatic carbocycles. The monoisotopic (exact) mass is 658 g/mol. The first-order valence-electron chi connectivity index (χ1n) is 8.16. The van der Waals surface area contributed by atoms with Gasteiger partial charge in [-0.3, -0.25) is 0 Å². The van der Waals surface area contributed by atoms with Crippen molar-refractivity contribution in [1.29, 1.82) is 0 Å². The second-order valence-corrected chi connectivity index (χ2v) is 8.26. The van der Waals surface area contributed by atoms with Gasteiger partial charge in [-0.05, 0) is 91.0 Å². The van der Waals surface area contributed by atoms with Gasteiger partial charge in [0.25, 0.3) is 0 Å². The summed E-state index contributed by atoms with van der Waals surface area (Å²) in [6.07, 6.45) is 0. The Morgan fingerprint density at radius 1 is 0.586 bits per heavy atom. The van der Waals surface area contributed by atoms with Gasteiger partial charge >= 0.3 is 19.5 Å². The number of rotatable bonds is 2. The minimum atomic E-state index is -1.12. The zero-order chi connectivity index (χ0) is 20.3. The van der Waals surface area contributed by atoms with Crippen LogP contribution in [-0.2, 0) is 19.5 Å². The van der Waals surface area contributed by atoms with E-state index in [-0.39, 0.29) is 30.6 Å². The second kappa shape index (κ2) is 10.5. The van der Waals surface area contributed by atoms with E-state index in [0.29, 0.717) is 7.14 Å². The summed E-state index contributed by atoms with van der Waals surface area (Å²) >= 11 is 4.01. The first-order valence-corrected chi connectivity index (χ1v) is 10.3. The Morgan fingerprint density at radius 3 is 1.14 bits per heavy atom. The Labute approximate surface area is 207 Å². The molecular formula is C22H12I2O4Zn. The summed E-state index contributed by atoms with van der Waals surface area (Å²) in [4.78, 5) is 21.5. The summed E-state index contributed by atoms with van der Waals surface area (Å²) in [5.41, 5.74) is 0.508. The summed E-state index contributed by atoms with van der Waals surface area (Å²) in [7, 11) is 0. The molecule has 0 aliphatic heterocycles. The maximum Gasteiger partial charge on any atom is 2.00 e. The van der Waals surface area contributed by atoms with Crippen molar-refractivity contribution in [2.24, 2.45) is 0 Å². The van der Waals surface area contributed by atoms with Crippen molar-refractivity contribution in [2.45, 2.75) is 0 Å². The number of aromatic carboxylic acids is 2. The van der Waals surface area contributed by atoms with Gasteiger partial charge in [0.05, 0.1) is 11.9 Å². The van der Waals surface area contributed by atoms with Gasteiger partial charge in [-0.25, -0.2) is 0 Å². The molecule has 0 aliphatic carbocycles. The zero-order valence-electron chi connectivity index (χ0n) is 15.0. The van der Waals surface area contributed by atoms with E-state index in [9.17, 15) is 19.8 Å². The van der Waals surface area contributed by atoms with Gasteiger partial charge in [0.1, 0.15) is 0 Å². The average molecular weight is 660 g/mol. The molecule has 0 N–H and O–H groups in total. The maximum atomic E-state index is 10.7. The van der Waals surface area contributed by atoms with E-state index in [1.54, 1.807) is 12.1 Å². The third-order valence-electron chi connectivity index (χ3n) is 4.11.